The summed E-state index contributed by atoms with van der Waals surface area (Å²) in [6.45, 7) is 11.5. The van der Waals surface area contributed by atoms with Crippen LogP contribution in [0, 0.1) is 11.8 Å². The Hall–Kier alpha value is -0.340. The molecule has 1 rings (SSSR count). The Morgan fingerprint density at radius 2 is 1.92 bits per heavy atom. The van der Waals surface area contributed by atoms with Crippen LogP contribution in [0.25, 0.3) is 0 Å². The van der Waals surface area contributed by atoms with E-state index in [9.17, 15) is 0 Å². The molecule has 2 heteroatoms. The van der Waals surface area contributed by atoms with Gasteiger partial charge in [-0.15, -0.1) is 0 Å². The van der Waals surface area contributed by atoms with Crippen LogP contribution < -0.4 is 0 Å². The van der Waals surface area contributed by atoms with E-state index >= 15 is 0 Å². The van der Waals surface area contributed by atoms with E-state index in [-0.39, 0.29) is 0 Å². The zero-order valence-corrected chi connectivity index (χ0v) is 8.17. The molecule has 12 heavy (non-hydrogen) atoms. The van der Waals surface area contributed by atoms with Gasteiger partial charge in [-0.05, 0) is 18.9 Å². The second-order valence-corrected chi connectivity index (χ2v) is 3.85. The zero-order valence-electron chi connectivity index (χ0n) is 8.17. The van der Waals surface area contributed by atoms with Gasteiger partial charge in [0.05, 0.1) is 13.2 Å². The maximum atomic E-state index is 5.55. The maximum Gasteiger partial charge on any atom is 0.184 e. The maximum absolute atomic E-state index is 5.55. The molecule has 70 valence electrons. The first-order valence-electron chi connectivity index (χ1n) is 4.49. The van der Waals surface area contributed by atoms with Crippen molar-refractivity contribution in [3.63, 3.8) is 0 Å². The third kappa shape index (κ3) is 2.08. The van der Waals surface area contributed by atoms with Crippen LogP contribution in [0.1, 0.15) is 20.8 Å². The van der Waals surface area contributed by atoms with E-state index < -0.39 is 5.79 Å². The topological polar surface area (TPSA) is 18.5 Å². The van der Waals surface area contributed by atoms with Crippen molar-refractivity contribution >= 4 is 0 Å². The van der Waals surface area contributed by atoms with Crippen molar-refractivity contribution in [1.29, 1.82) is 0 Å². The van der Waals surface area contributed by atoms with Crippen LogP contribution >= 0.6 is 0 Å². The predicted molar refractivity (Wildman–Crippen MR) is 48.8 cm³/mol. The second kappa shape index (κ2) is 3.58. The van der Waals surface area contributed by atoms with Gasteiger partial charge in [0.15, 0.2) is 5.79 Å². The van der Waals surface area contributed by atoms with E-state index in [1.807, 2.05) is 6.92 Å². The number of rotatable bonds is 2. The first-order chi connectivity index (χ1) is 5.57. The van der Waals surface area contributed by atoms with Gasteiger partial charge in [-0.2, -0.15) is 0 Å². The standard InChI is InChI=1S/C10H18O2/c1-5-10(4)11-6-9(7-12-10)8(2)3/h5,8-9H,1,6-7H2,2-4H3. The van der Waals surface area contributed by atoms with E-state index in [4.69, 9.17) is 9.47 Å². The Balaban J connectivity index is 2.44. The molecule has 0 saturated carbocycles. The van der Waals surface area contributed by atoms with Crippen LogP contribution in [0.3, 0.4) is 0 Å². The van der Waals surface area contributed by atoms with Crippen LogP contribution in [0.4, 0.5) is 0 Å². The lowest BCUT2D eigenvalue weighted by Gasteiger charge is -2.36. The van der Waals surface area contributed by atoms with Gasteiger partial charge in [0.25, 0.3) is 0 Å². The molecule has 0 aromatic carbocycles. The highest BCUT2D eigenvalue weighted by Crippen LogP contribution is 2.25. The highest BCUT2D eigenvalue weighted by molar-refractivity contribution is 4.88. The fraction of sp³-hybridized carbons (Fsp3) is 0.800. The Bertz CT molecular complexity index is 155. The second-order valence-electron chi connectivity index (χ2n) is 3.85. The predicted octanol–water partition coefficient (Wildman–Crippen LogP) is 2.21. The smallest absolute Gasteiger partial charge is 0.184 e. The minimum Gasteiger partial charge on any atom is -0.346 e. The van der Waals surface area contributed by atoms with Crippen molar-refractivity contribution in [2.45, 2.75) is 26.6 Å². The third-order valence-electron chi connectivity index (χ3n) is 2.48. The van der Waals surface area contributed by atoms with Crippen molar-refractivity contribution in [2.24, 2.45) is 11.8 Å². The molecule has 0 aromatic heterocycles. The van der Waals surface area contributed by atoms with Gasteiger partial charge in [-0.25, -0.2) is 0 Å². The summed E-state index contributed by atoms with van der Waals surface area (Å²) in [6, 6.07) is 0. The van der Waals surface area contributed by atoms with Crippen LogP contribution in [-0.2, 0) is 9.47 Å². The summed E-state index contributed by atoms with van der Waals surface area (Å²) in [5, 5.41) is 0. The van der Waals surface area contributed by atoms with Gasteiger partial charge in [-0.1, -0.05) is 20.4 Å². The first kappa shape index (κ1) is 9.75. The molecule has 1 aliphatic rings. The molecule has 0 amide bonds. The van der Waals surface area contributed by atoms with Crippen molar-refractivity contribution in [3.8, 4) is 0 Å². The molecule has 1 saturated heterocycles. The van der Waals surface area contributed by atoms with Crippen molar-refractivity contribution < 1.29 is 9.47 Å². The molecule has 0 atom stereocenters. The summed E-state index contributed by atoms with van der Waals surface area (Å²) in [5.41, 5.74) is 0. The first-order valence-corrected chi connectivity index (χ1v) is 4.49. The summed E-state index contributed by atoms with van der Waals surface area (Å²) in [6.07, 6.45) is 1.71. The fourth-order valence-electron chi connectivity index (χ4n) is 1.14. The van der Waals surface area contributed by atoms with Gasteiger partial charge in [0.1, 0.15) is 0 Å². The largest absolute Gasteiger partial charge is 0.346 e. The zero-order chi connectivity index (χ0) is 9.19. The molecule has 2 nitrogen and oxygen atoms in total. The number of ether oxygens (including phenoxy) is 2. The van der Waals surface area contributed by atoms with Gasteiger partial charge in [0, 0.05) is 5.92 Å². The van der Waals surface area contributed by atoms with Crippen LogP contribution in [0.15, 0.2) is 12.7 Å². The molecular formula is C10H18O2. The Kier molecular flexibility index (Phi) is 2.91. The van der Waals surface area contributed by atoms with Crippen LogP contribution in [0.2, 0.25) is 0 Å². The molecule has 0 unspecified atom stereocenters. The normalized spacial score (nSPS) is 36.8. The summed E-state index contributed by atoms with van der Waals surface area (Å²) >= 11 is 0. The lowest BCUT2D eigenvalue weighted by Crippen LogP contribution is -2.41. The SMILES string of the molecule is C=CC1(C)OCC(C(C)C)CO1. The average molecular weight is 170 g/mol. The summed E-state index contributed by atoms with van der Waals surface area (Å²) < 4.78 is 11.1. The van der Waals surface area contributed by atoms with E-state index in [1.54, 1.807) is 6.08 Å². The highest BCUT2D eigenvalue weighted by Gasteiger charge is 2.31. The van der Waals surface area contributed by atoms with Gasteiger partial charge in [-0.3, -0.25) is 0 Å². The number of hydrogen-bond donors (Lipinski definition) is 0. The quantitative estimate of drug-likeness (QED) is 0.591. The molecule has 0 radical (unpaired) electrons. The molecule has 0 aromatic rings. The molecule has 0 aliphatic carbocycles. The molecule has 0 spiro atoms. The lowest BCUT2D eigenvalue weighted by atomic mass is 9.97. The molecular weight excluding hydrogens is 152 g/mol. The third-order valence-corrected chi connectivity index (χ3v) is 2.48. The molecule has 1 heterocycles. The number of hydrogen-bond acceptors (Lipinski definition) is 2. The molecule has 0 N–H and O–H groups in total. The van der Waals surface area contributed by atoms with Crippen molar-refractivity contribution in [3.05, 3.63) is 12.7 Å². The van der Waals surface area contributed by atoms with E-state index in [0.717, 1.165) is 13.2 Å². The van der Waals surface area contributed by atoms with Gasteiger partial charge in [0.2, 0.25) is 0 Å². The monoisotopic (exact) mass is 170 g/mol. The molecule has 0 bridgehead atoms. The van der Waals surface area contributed by atoms with E-state index in [0.29, 0.717) is 11.8 Å². The summed E-state index contributed by atoms with van der Waals surface area (Å²) in [5.74, 6) is 0.600. The van der Waals surface area contributed by atoms with Gasteiger partial charge < -0.3 is 9.47 Å². The Labute approximate surface area is 74.6 Å². The van der Waals surface area contributed by atoms with Crippen LogP contribution in [-0.4, -0.2) is 19.0 Å². The van der Waals surface area contributed by atoms with Crippen LogP contribution in [0.5, 0.6) is 0 Å². The average Bonchev–Trinajstić information content (AvgIpc) is 2.05. The minimum atomic E-state index is -0.550. The van der Waals surface area contributed by atoms with E-state index in [2.05, 4.69) is 20.4 Å². The van der Waals surface area contributed by atoms with Crippen molar-refractivity contribution in [1.82, 2.24) is 0 Å². The molecule has 1 fully saturated rings. The summed E-state index contributed by atoms with van der Waals surface area (Å²) in [4.78, 5) is 0. The molecule has 1 aliphatic heterocycles. The summed E-state index contributed by atoms with van der Waals surface area (Å²) in [7, 11) is 0. The van der Waals surface area contributed by atoms with Crippen molar-refractivity contribution in [2.75, 3.05) is 13.2 Å². The lowest BCUT2D eigenvalue weighted by molar-refractivity contribution is -0.248. The fourth-order valence-corrected chi connectivity index (χ4v) is 1.14. The Morgan fingerprint density at radius 3 is 2.25 bits per heavy atom. The van der Waals surface area contributed by atoms with Gasteiger partial charge >= 0.3 is 0 Å². The highest BCUT2D eigenvalue weighted by atomic mass is 16.7. The Morgan fingerprint density at radius 1 is 1.42 bits per heavy atom. The van der Waals surface area contributed by atoms with E-state index in [1.165, 1.54) is 0 Å². The minimum absolute atomic E-state index is 0.526.